The predicted octanol–water partition coefficient (Wildman–Crippen LogP) is 0.446. The summed E-state index contributed by atoms with van der Waals surface area (Å²) in [7, 11) is 0. The van der Waals surface area contributed by atoms with E-state index in [4.69, 9.17) is 10.5 Å². The molecular formula is C13H26N2O2. The smallest absolute Gasteiger partial charge is 0.0546 e. The van der Waals surface area contributed by atoms with E-state index in [1.54, 1.807) is 0 Å². The molecule has 100 valence electrons. The summed E-state index contributed by atoms with van der Waals surface area (Å²) >= 11 is 0. The van der Waals surface area contributed by atoms with Crippen molar-refractivity contribution in [1.82, 2.24) is 4.90 Å². The number of piperidine rings is 1. The number of nitrogens with zero attached hydrogens (tertiary/aromatic N) is 1. The molecule has 2 fully saturated rings. The molecule has 4 nitrogen and oxygen atoms in total. The van der Waals surface area contributed by atoms with E-state index in [-0.39, 0.29) is 5.41 Å². The molecule has 0 radical (unpaired) electrons. The summed E-state index contributed by atoms with van der Waals surface area (Å²) in [6, 6.07) is 0. The maximum atomic E-state index is 9.26. The number of likely N-dealkylation sites (tertiary alicyclic amines) is 1. The summed E-state index contributed by atoms with van der Waals surface area (Å²) in [5.41, 5.74) is 6.13. The van der Waals surface area contributed by atoms with Gasteiger partial charge in [-0.05, 0) is 38.1 Å². The maximum absolute atomic E-state index is 9.26. The standard InChI is InChI=1S/C13H26N2O2/c14-9-13(4-2-6-17-11-13)10-15-5-1-3-12(7-15)8-16/h12,16H,1-11,14H2. The Morgan fingerprint density at radius 3 is 2.94 bits per heavy atom. The van der Waals surface area contributed by atoms with Gasteiger partial charge in [-0.25, -0.2) is 0 Å². The van der Waals surface area contributed by atoms with Crippen LogP contribution in [0.25, 0.3) is 0 Å². The van der Waals surface area contributed by atoms with Gasteiger partial charge in [-0.3, -0.25) is 0 Å². The first-order valence-corrected chi connectivity index (χ1v) is 6.89. The average molecular weight is 242 g/mol. The second kappa shape index (κ2) is 6.14. The lowest BCUT2D eigenvalue weighted by Gasteiger charge is -2.42. The zero-order valence-corrected chi connectivity index (χ0v) is 10.7. The third kappa shape index (κ3) is 3.41. The molecule has 2 heterocycles. The second-order valence-corrected chi connectivity index (χ2v) is 5.79. The van der Waals surface area contributed by atoms with Crippen molar-refractivity contribution in [3.8, 4) is 0 Å². The molecule has 2 saturated heterocycles. The van der Waals surface area contributed by atoms with Crippen molar-refractivity contribution < 1.29 is 9.84 Å². The van der Waals surface area contributed by atoms with Crippen LogP contribution >= 0.6 is 0 Å². The molecule has 17 heavy (non-hydrogen) atoms. The Hall–Kier alpha value is -0.160. The van der Waals surface area contributed by atoms with Crippen molar-refractivity contribution in [3.05, 3.63) is 0 Å². The summed E-state index contributed by atoms with van der Waals surface area (Å²) < 4.78 is 5.62. The summed E-state index contributed by atoms with van der Waals surface area (Å²) in [4.78, 5) is 2.48. The number of hydrogen-bond donors (Lipinski definition) is 2. The Morgan fingerprint density at radius 1 is 1.41 bits per heavy atom. The first-order valence-electron chi connectivity index (χ1n) is 6.89. The topological polar surface area (TPSA) is 58.7 Å². The van der Waals surface area contributed by atoms with Crippen molar-refractivity contribution in [2.75, 3.05) is 46.0 Å². The van der Waals surface area contributed by atoms with Gasteiger partial charge in [-0.2, -0.15) is 0 Å². The summed E-state index contributed by atoms with van der Waals surface area (Å²) in [5.74, 6) is 0.461. The number of aliphatic hydroxyl groups excluding tert-OH is 1. The highest BCUT2D eigenvalue weighted by molar-refractivity contribution is 4.87. The number of nitrogens with two attached hydrogens (primary N) is 1. The van der Waals surface area contributed by atoms with Crippen molar-refractivity contribution in [1.29, 1.82) is 0 Å². The van der Waals surface area contributed by atoms with Crippen molar-refractivity contribution >= 4 is 0 Å². The monoisotopic (exact) mass is 242 g/mol. The van der Waals surface area contributed by atoms with Gasteiger partial charge in [0.2, 0.25) is 0 Å². The Bertz CT molecular complexity index is 229. The zero-order valence-electron chi connectivity index (χ0n) is 10.7. The fraction of sp³-hybridized carbons (Fsp3) is 1.00. The molecule has 0 aliphatic carbocycles. The minimum absolute atomic E-state index is 0.162. The molecule has 3 N–H and O–H groups in total. The van der Waals surface area contributed by atoms with Gasteiger partial charge in [0.15, 0.2) is 0 Å². The van der Waals surface area contributed by atoms with Crippen molar-refractivity contribution in [3.63, 3.8) is 0 Å². The van der Waals surface area contributed by atoms with Gasteiger partial charge in [0.25, 0.3) is 0 Å². The number of hydrogen-bond acceptors (Lipinski definition) is 4. The summed E-state index contributed by atoms with van der Waals surface area (Å²) in [5, 5.41) is 9.26. The van der Waals surface area contributed by atoms with Crippen LogP contribution in [0.2, 0.25) is 0 Å². The van der Waals surface area contributed by atoms with Crippen LogP contribution in [0.15, 0.2) is 0 Å². The van der Waals surface area contributed by atoms with Gasteiger partial charge in [-0.1, -0.05) is 0 Å². The molecule has 0 aromatic carbocycles. The maximum Gasteiger partial charge on any atom is 0.0546 e. The van der Waals surface area contributed by atoms with Gasteiger partial charge in [0.1, 0.15) is 0 Å². The molecule has 4 heteroatoms. The minimum atomic E-state index is 0.162. The SMILES string of the molecule is NCC1(CN2CCCC(CO)C2)CCCOC1. The molecule has 0 aromatic heterocycles. The number of aliphatic hydroxyl groups is 1. The molecule has 2 aliphatic rings. The van der Waals surface area contributed by atoms with Crippen molar-refractivity contribution in [2.24, 2.45) is 17.1 Å². The highest BCUT2D eigenvalue weighted by atomic mass is 16.5. The third-order valence-corrected chi connectivity index (χ3v) is 4.26. The molecule has 2 atom stereocenters. The van der Waals surface area contributed by atoms with E-state index >= 15 is 0 Å². The first kappa shape index (κ1) is 13.3. The van der Waals surface area contributed by atoms with E-state index in [1.165, 1.54) is 19.3 Å². The van der Waals surface area contributed by atoms with Crippen LogP contribution < -0.4 is 5.73 Å². The van der Waals surface area contributed by atoms with E-state index in [0.717, 1.165) is 39.3 Å². The van der Waals surface area contributed by atoms with Crippen LogP contribution in [-0.4, -0.2) is 56.0 Å². The van der Waals surface area contributed by atoms with Gasteiger partial charge >= 0.3 is 0 Å². The second-order valence-electron chi connectivity index (χ2n) is 5.79. The highest BCUT2D eigenvalue weighted by Gasteiger charge is 2.34. The van der Waals surface area contributed by atoms with Gasteiger partial charge < -0.3 is 20.5 Å². The summed E-state index contributed by atoms with van der Waals surface area (Å²) in [6.45, 7) is 5.96. The molecule has 0 aromatic rings. The fourth-order valence-corrected chi connectivity index (χ4v) is 3.18. The van der Waals surface area contributed by atoms with Gasteiger partial charge in [0, 0.05) is 38.3 Å². The van der Waals surface area contributed by atoms with Gasteiger partial charge in [0.05, 0.1) is 6.61 Å². The molecule has 0 saturated carbocycles. The lowest BCUT2D eigenvalue weighted by molar-refractivity contribution is -0.0297. The van der Waals surface area contributed by atoms with E-state index in [0.29, 0.717) is 19.1 Å². The van der Waals surface area contributed by atoms with Crippen molar-refractivity contribution in [2.45, 2.75) is 25.7 Å². The fourth-order valence-electron chi connectivity index (χ4n) is 3.18. The molecule has 0 spiro atoms. The highest BCUT2D eigenvalue weighted by Crippen LogP contribution is 2.30. The van der Waals surface area contributed by atoms with E-state index in [9.17, 15) is 5.11 Å². The first-order chi connectivity index (χ1) is 8.28. The Kier molecular flexibility index (Phi) is 4.79. The Labute approximate surface area is 104 Å². The van der Waals surface area contributed by atoms with Crippen LogP contribution in [0.3, 0.4) is 0 Å². The Balaban J connectivity index is 1.88. The molecule has 0 amide bonds. The van der Waals surface area contributed by atoms with E-state index < -0.39 is 0 Å². The minimum Gasteiger partial charge on any atom is -0.396 e. The van der Waals surface area contributed by atoms with Crippen LogP contribution in [0.4, 0.5) is 0 Å². The lowest BCUT2D eigenvalue weighted by atomic mass is 9.81. The lowest BCUT2D eigenvalue weighted by Crippen LogP contribution is -2.50. The molecule has 2 unspecified atom stereocenters. The van der Waals surface area contributed by atoms with Gasteiger partial charge in [-0.15, -0.1) is 0 Å². The van der Waals surface area contributed by atoms with E-state index in [2.05, 4.69) is 4.90 Å². The molecular weight excluding hydrogens is 216 g/mol. The van der Waals surface area contributed by atoms with Crippen LogP contribution in [0.5, 0.6) is 0 Å². The molecule has 0 bridgehead atoms. The van der Waals surface area contributed by atoms with Crippen LogP contribution in [-0.2, 0) is 4.74 Å². The van der Waals surface area contributed by atoms with Crippen LogP contribution in [0.1, 0.15) is 25.7 Å². The summed E-state index contributed by atoms with van der Waals surface area (Å²) in [6.07, 6.45) is 4.68. The largest absolute Gasteiger partial charge is 0.396 e. The zero-order chi connectivity index (χ0) is 12.1. The Morgan fingerprint density at radius 2 is 2.29 bits per heavy atom. The third-order valence-electron chi connectivity index (χ3n) is 4.26. The molecule has 2 aliphatic heterocycles. The predicted molar refractivity (Wildman–Crippen MR) is 67.8 cm³/mol. The van der Waals surface area contributed by atoms with Crippen LogP contribution in [0, 0.1) is 11.3 Å². The van der Waals surface area contributed by atoms with E-state index in [1.807, 2.05) is 0 Å². The number of rotatable bonds is 4. The quantitative estimate of drug-likeness (QED) is 0.751. The normalized spacial score (nSPS) is 36.0. The number of ether oxygens (including phenoxy) is 1. The molecule has 2 rings (SSSR count). The average Bonchev–Trinajstić information content (AvgIpc) is 2.40.